The third-order valence-electron chi connectivity index (χ3n) is 4.09. The van der Waals surface area contributed by atoms with Crippen molar-refractivity contribution in [2.75, 3.05) is 22.5 Å². The zero-order chi connectivity index (χ0) is 20.6. The predicted molar refractivity (Wildman–Crippen MR) is 114 cm³/mol. The summed E-state index contributed by atoms with van der Waals surface area (Å²) in [6.45, 7) is 6.42. The maximum atomic E-state index is 12.1. The van der Waals surface area contributed by atoms with Crippen molar-refractivity contribution in [1.82, 2.24) is 19.9 Å². The van der Waals surface area contributed by atoms with Crippen molar-refractivity contribution < 1.29 is 4.79 Å². The van der Waals surface area contributed by atoms with Crippen molar-refractivity contribution in [3.05, 3.63) is 59.8 Å². The summed E-state index contributed by atoms with van der Waals surface area (Å²) in [6.07, 6.45) is 2.63. The summed E-state index contributed by atoms with van der Waals surface area (Å²) in [5, 5.41) is 9.27. The zero-order valence-electron chi connectivity index (χ0n) is 16.9. The second kappa shape index (κ2) is 9.59. The molecule has 0 unspecified atom stereocenters. The number of aromatic nitrogens is 4. The molecule has 0 aliphatic rings. The van der Waals surface area contributed by atoms with Gasteiger partial charge in [0.1, 0.15) is 12.1 Å². The number of hydrogen-bond donors (Lipinski definition) is 3. The molecular formula is C21H25N7O. The van der Waals surface area contributed by atoms with Gasteiger partial charge in [-0.1, -0.05) is 0 Å². The third kappa shape index (κ3) is 6.53. The quantitative estimate of drug-likeness (QED) is 0.502. The van der Waals surface area contributed by atoms with Gasteiger partial charge in [0.2, 0.25) is 11.9 Å². The van der Waals surface area contributed by atoms with E-state index in [2.05, 4.69) is 35.9 Å². The smallest absolute Gasteiger partial charge is 0.224 e. The molecule has 3 rings (SSSR count). The van der Waals surface area contributed by atoms with Crippen molar-refractivity contribution in [2.45, 2.75) is 33.6 Å². The first-order valence-corrected chi connectivity index (χ1v) is 9.50. The lowest BCUT2D eigenvalue weighted by atomic mass is 10.2. The molecule has 3 aromatic rings. The summed E-state index contributed by atoms with van der Waals surface area (Å²) < 4.78 is 0. The van der Waals surface area contributed by atoms with Gasteiger partial charge in [0.15, 0.2) is 0 Å². The Hall–Kier alpha value is -3.55. The van der Waals surface area contributed by atoms with E-state index in [1.165, 1.54) is 6.33 Å². The van der Waals surface area contributed by atoms with Gasteiger partial charge in [0.05, 0.1) is 0 Å². The molecule has 1 amide bonds. The molecule has 2 aromatic heterocycles. The summed E-state index contributed by atoms with van der Waals surface area (Å²) in [7, 11) is 0. The highest BCUT2D eigenvalue weighted by atomic mass is 16.1. The molecular weight excluding hydrogens is 366 g/mol. The van der Waals surface area contributed by atoms with Crippen LogP contribution in [0.25, 0.3) is 0 Å². The van der Waals surface area contributed by atoms with Gasteiger partial charge in [-0.05, 0) is 57.5 Å². The van der Waals surface area contributed by atoms with Gasteiger partial charge < -0.3 is 16.0 Å². The van der Waals surface area contributed by atoms with Crippen LogP contribution in [0.1, 0.15) is 29.9 Å². The number of carbonyl (C=O) groups excluding carboxylic acids is 1. The molecule has 2 heterocycles. The molecule has 0 aliphatic heterocycles. The van der Waals surface area contributed by atoms with Crippen LogP contribution in [0.4, 0.5) is 23.1 Å². The monoisotopic (exact) mass is 391 g/mol. The van der Waals surface area contributed by atoms with E-state index in [4.69, 9.17) is 0 Å². The second-order valence-corrected chi connectivity index (χ2v) is 6.80. The number of nitrogens with one attached hydrogen (secondary N) is 3. The van der Waals surface area contributed by atoms with E-state index in [0.717, 1.165) is 34.3 Å². The van der Waals surface area contributed by atoms with Crippen LogP contribution in [0.3, 0.4) is 0 Å². The van der Waals surface area contributed by atoms with Gasteiger partial charge in [0.25, 0.3) is 0 Å². The molecule has 0 radical (unpaired) electrons. The van der Waals surface area contributed by atoms with E-state index >= 15 is 0 Å². The molecule has 150 valence electrons. The van der Waals surface area contributed by atoms with Crippen molar-refractivity contribution in [1.29, 1.82) is 0 Å². The molecule has 8 heteroatoms. The lowest BCUT2D eigenvalue weighted by Gasteiger charge is -2.09. The SMILES string of the molecule is Cc1cc(Nc2ccc(NC(=O)CCCNc3nc(C)cc(C)n3)cc2)ncn1. The Morgan fingerprint density at radius 1 is 0.897 bits per heavy atom. The number of anilines is 4. The number of rotatable bonds is 8. The summed E-state index contributed by atoms with van der Waals surface area (Å²) in [6, 6.07) is 11.3. The maximum Gasteiger partial charge on any atom is 0.224 e. The average Bonchev–Trinajstić information content (AvgIpc) is 2.66. The average molecular weight is 391 g/mol. The molecule has 3 N–H and O–H groups in total. The van der Waals surface area contributed by atoms with Crippen LogP contribution in [-0.4, -0.2) is 32.4 Å². The van der Waals surface area contributed by atoms with E-state index in [1.54, 1.807) is 0 Å². The molecule has 0 spiro atoms. The summed E-state index contributed by atoms with van der Waals surface area (Å²) in [4.78, 5) is 29.0. The first-order valence-electron chi connectivity index (χ1n) is 9.50. The normalized spacial score (nSPS) is 10.4. The number of carbonyl (C=O) groups is 1. The largest absolute Gasteiger partial charge is 0.354 e. The standard InChI is InChI=1S/C21H25N7O/c1-14-12-19(24-13-23-14)27-17-6-8-18(9-7-17)28-20(29)5-4-10-22-21-25-15(2)11-16(3)26-21/h6-9,11-13H,4-5,10H2,1-3H3,(H,28,29)(H,22,25,26)(H,23,24,27). The Kier molecular flexibility index (Phi) is 6.67. The summed E-state index contributed by atoms with van der Waals surface area (Å²) >= 11 is 0. The number of nitrogens with zero attached hydrogens (tertiary/aromatic N) is 4. The fourth-order valence-electron chi connectivity index (χ4n) is 2.79. The third-order valence-corrected chi connectivity index (χ3v) is 4.09. The van der Waals surface area contributed by atoms with E-state index in [-0.39, 0.29) is 5.91 Å². The molecule has 0 bridgehead atoms. The Labute approximate surface area is 170 Å². The minimum atomic E-state index is -0.0275. The van der Waals surface area contributed by atoms with E-state index in [0.29, 0.717) is 25.3 Å². The van der Waals surface area contributed by atoms with Crippen LogP contribution in [-0.2, 0) is 4.79 Å². The fourth-order valence-corrected chi connectivity index (χ4v) is 2.79. The molecule has 0 saturated carbocycles. The molecule has 0 fully saturated rings. The highest BCUT2D eigenvalue weighted by molar-refractivity contribution is 5.90. The summed E-state index contributed by atoms with van der Waals surface area (Å²) in [5.41, 5.74) is 4.38. The lowest BCUT2D eigenvalue weighted by molar-refractivity contribution is -0.116. The van der Waals surface area contributed by atoms with Gasteiger partial charge in [-0.2, -0.15) is 0 Å². The first-order chi connectivity index (χ1) is 14.0. The van der Waals surface area contributed by atoms with Crippen LogP contribution in [0.5, 0.6) is 0 Å². The van der Waals surface area contributed by atoms with Crippen LogP contribution < -0.4 is 16.0 Å². The van der Waals surface area contributed by atoms with Crippen LogP contribution >= 0.6 is 0 Å². The minimum Gasteiger partial charge on any atom is -0.354 e. The minimum absolute atomic E-state index is 0.0275. The highest BCUT2D eigenvalue weighted by Crippen LogP contribution is 2.18. The molecule has 0 saturated heterocycles. The van der Waals surface area contributed by atoms with E-state index in [1.807, 2.05) is 57.2 Å². The van der Waals surface area contributed by atoms with Crippen molar-refractivity contribution in [3.63, 3.8) is 0 Å². The zero-order valence-corrected chi connectivity index (χ0v) is 16.9. The van der Waals surface area contributed by atoms with Gasteiger partial charge in [-0.3, -0.25) is 4.79 Å². The molecule has 1 aromatic carbocycles. The highest BCUT2D eigenvalue weighted by Gasteiger charge is 2.04. The van der Waals surface area contributed by atoms with E-state index < -0.39 is 0 Å². The Morgan fingerprint density at radius 2 is 1.59 bits per heavy atom. The first kappa shape index (κ1) is 20.2. The van der Waals surface area contributed by atoms with Crippen LogP contribution in [0.15, 0.2) is 42.7 Å². The molecule has 0 aliphatic carbocycles. The Balaban J connectivity index is 1.42. The lowest BCUT2D eigenvalue weighted by Crippen LogP contribution is -2.14. The number of aryl methyl sites for hydroxylation is 3. The molecule has 8 nitrogen and oxygen atoms in total. The topological polar surface area (TPSA) is 105 Å². The van der Waals surface area contributed by atoms with Gasteiger partial charge in [-0.15, -0.1) is 0 Å². The van der Waals surface area contributed by atoms with Crippen molar-refractivity contribution in [2.24, 2.45) is 0 Å². The van der Waals surface area contributed by atoms with Gasteiger partial charge in [-0.25, -0.2) is 19.9 Å². The van der Waals surface area contributed by atoms with Crippen LogP contribution in [0.2, 0.25) is 0 Å². The second-order valence-electron chi connectivity index (χ2n) is 6.80. The number of amides is 1. The number of hydrogen-bond acceptors (Lipinski definition) is 7. The molecule has 29 heavy (non-hydrogen) atoms. The predicted octanol–water partition coefficient (Wildman–Crippen LogP) is 3.77. The Bertz CT molecular complexity index is 953. The summed E-state index contributed by atoms with van der Waals surface area (Å²) in [5.74, 6) is 1.31. The van der Waals surface area contributed by atoms with Crippen molar-refractivity contribution in [3.8, 4) is 0 Å². The van der Waals surface area contributed by atoms with Crippen molar-refractivity contribution >= 4 is 29.0 Å². The van der Waals surface area contributed by atoms with E-state index in [9.17, 15) is 4.79 Å². The van der Waals surface area contributed by atoms with Crippen LogP contribution in [0, 0.1) is 20.8 Å². The number of benzene rings is 1. The fraction of sp³-hybridized carbons (Fsp3) is 0.286. The van der Waals surface area contributed by atoms with Gasteiger partial charge >= 0.3 is 0 Å². The van der Waals surface area contributed by atoms with Gasteiger partial charge in [0, 0.05) is 47.5 Å². The molecule has 0 atom stereocenters. The maximum absolute atomic E-state index is 12.1. The Morgan fingerprint density at radius 3 is 2.28 bits per heavy atom.